The predicted molar refractivity (Wildman–Crippen MR) is 60.0 cm³/mol. The molecule has 1 aliphatic heterocycles. The smallest absolute Gasteiger partial charge is 0.0950 e. The van der Waals surface area contributed by atoms with Gasteiger partial charge in [0.25, 0.3) is 0 Å². The molecule has 15 heavy (non-hydrogen) atoms. The van der Waals surface area contributed by atoms with Crippen LogP contribution in [-0.4, -0.2) is 28.9 Å². The number of rotatable bonds is 4. The van der Waals surface area contributed by atoms with E-state index in [2.05, 4.69) is 4.98 Å². The summed E-state index contributed by atoms with van der Waals surface area (Å²) in [5, 5.41) is 12.8. The minimum Gasteiger partial charge on any atom is -0.393 e. The Balaban J connectivity index is 1.74. The summed E-state index contributed by atoms with van der Waals surface area (Å²) in [4.78, 5) is 4.17. The van der Waals surface area contributed by atoms with Gasteiger partial charge in [0.15, 0.2) is 0 Å². The van der Waals surface area contributed by atoms with Crippen LogP contribution in [0.25, 0.3) is 0 Å². The van der Waals surface area contributed by atoms with Crippen molar-refractivity contribution in [3.05, 3.63) is 16.6 Å². The van der Waals surface area contributed by atoms with E-state index >= 15 is 0 Å². The standard InChI is InChI=1S/C11H17NO2S/c13-9(8-11-12-4-6-15-11)7-10-3-1-2-5-14-10/h4,6,9-10,13H,1-3,5,7-8H2. The molecule has 1 saturated heterocycles. The van der Waals surface area contributed by atoms with Gasteiger partial charge in [-0.25, -0.2) is 4.98 Å². The molecule has 4 heteroatoms. The lowest BCUT2D eigenvalue weighted by Gasteiger charge is -2.24. The Morgan fingerprint density at radius 2 is 2.53 bits per heavy atom. The normalized spacial score (nSPS) is 23.9. The van der Waals surface area contributed by atoms with Crippen LogP contribution in [0, 0.1) is 0 Å². The van der Waals surface area contributed by atoms with Gasteiger partial charge in [-0.2, -0.15) is 0 Å². The zero-order chi connectivity index (χ0) is 10.5. The van der Waals surface area contributed by atoms with Gasteiger partial charge in [0.05, 0.1) is 17.2 Å². The van der Waals surface area contributed by atoms with Crippen LogP contribution in [-0.2, 0) is 11.2 Å². The lowest BCUT2D eigenvalue weighted by Crippen LogP contribution is -2.25. The zero-order valence-corrected chi connectivity index (χ0v) is 9.58. The second-order valence-corrected chi connectivity index (χ2v) is 4.99. The molecule has 1 N–H and O–H groups in total. The second-order valence-electron chi connectivity index (χ2n) is 4.01. The van der Waals surface area contributed by atoms with Gasteiger partial charge in [0.2, 0.25) is 0 Å². The van der Waals surface area contributed by atoms with E-state index in [4.69, 9.17) is 4.74 Å². The molecule has 2 rings (SSSR count). The summed E-state index contributed by atoms with van der Waals surface area (Å²) >= 11 is 1.60. The van der Waals surface area contributed by atoms with E-state index in [1.165, 1.54) is 12.8 Å². The fraction of sp³-hybridized carbons (Fsp3) is 0.727. The molecule has 84 valence electrons. The number of thiazole rings is 1. The number of hydrogen-bond donors (Lipinski definition) is 1. The van der Waals surface area contributed by atoms with E-state index in [9.17, 15) is 5.11 Å². The molecule has 1 aliphatic rings. The molecule has 2 atom stereocenters. The molecule has 1 fully saturated rings. The number of nitrogens with zero attached hydrogens (tertiary/aromatic N) is 1. The summed E-state index contributed by atoms with van der Waals surface area (Å²) in [6.45, 7) is 0.856. The zero-order valence-electron chi connectivity index (χ0n) is 8.76. The molecule has 1 aromatic heterocycles. The molecule has 0 radical (unpaired) electrons. The predicted octanol–water partition coefficient (Wildman–Crippen LogP) is 2.01. The maximum atomic E-state index is 9.86. The molecular formula is C11H17NO2S. The van der Waals surface area contributed by atoms with Crippen molar-refractivity contribution in [2.24, 2.45) is 0 Å². The minimum absolute atomic E-state index is 0.258. The number of aliphatic hydroxyl groups excluding tert-OH is 1. The highest BCUT2D eigenvalue weighted by atomic mass is 32.1. The van der Waals surface area contributed by atoms with E-state index in [0.29, 0.717) is 6.42 Å². The topological polar surface area (TPSA) is 42.4 Å². The fourth-order valence-electron chi connectivity index (χ4n) is 1.94. The first-order chi connectivity index (χ1) is 7.34. The van der Waals surface area contributed by atoms with Crippen molar-refractivity contribution >= 4 is 11.3 Å². The molecule has 2 heterocycles. The average Bonchev–Trinajstić information content (AvgIpc) is 2.71. The molecule has 2 unspecified atom stereocenters. The molecule has 0 bridgehead atoms. The number of hydrogen-bond acceptors (Lipinski definition) is 4. The first-order valence-electron chi connectivity index (χ1n) is 5.52. The molecular weight excluding hydrogens is 210 g/mol. The van der Waals surface area contributed by atoms with E-state index in [1.807, 2.05) is 5.38 Å². The van der Waals surface area contributed by atoms with Crippen LogP contribution in [0.2, 0.25) is 0 Å². The van der Waals surface area contributed by atoms with Crippen molar-refractivity contribution in [2.45, 2.75) is 44.3 Å². The lowest BCUT2D eigenvalue weighted by molar-refractivity contribution is -0.0147. The van der Waals surface area contributed by atoms with Crippen molar-refractivity contribution in [1.29, 1.82) is 0 Å². The van der Waals surface area contributed by atoms with Crippen molar-refractivity contribution in [3.63, 3.8) is 0 Å². The highest BCUT2D eigenvalue weighted by Gasteiger charge is 2.18. The van der Waals surface area contributed by atoms with Crippen LogP contribution < -0.4 is 0 Å². The van der Waals surface area contributed by atoms with Crippen molar-refractivity contribution in [1.82, 2.24) is 4.98 Å². The van der Waals surface area contributed by atoms with Crippen molar-refractivity contribution < 1.29 is 9.84 Å². The molecule has 3 nitrogen and oxygen atoms in total. The van der Waals surface area contributed by atoms with E-state index in [0.717, 1.165) is 24.5 Å². The van der Waals surface area contributed by atoms with Crippen molar-refractivity contribution in [3.8, 4) is 0 Å². The van der Waals surface area contributed by atoms with Crippen LogP contribution in [0.15, 0.2) is 11.6 Å². The summed E-state index contributed by atoms with van der Waals surface area (Å²) in [7, 11) is 0. The van der Waals surface area contributed by atoms with Crippen LogP contribution in [0.5, 0.6) is 0 Å². The average molecular weight is 227 g/mol. The Bertz CT molecular complexity index is 270. The molecule has 1 aromatic rings. The van der Waals surface area contributed by atoms with Gasteiger partial charge in [-0.1, -0.05) is 0 Å². The Hall–Kier alpha value is -0.450. The molecule has 0 aliphatic carbocycles. The van der Waals surface area contributed by atoms with Gasteiger partial charge in [-0.3, -0.25) is 0 Å². The number of ether oxygens (including phenoxy) is 1. The third-order valence-corrected chi connectivity index (χ3v) is 3.50. The molecule has 0 amide bonds. The van der Waals surface area contributed by atoms with Gasteiger partial charge >= 0.3 is 0 Å². The summed E-state index contributed by atoms with van der Waals surface area (Å²) in [6.07, 6.45) is 6.64. The monoisotopic (exact) mass is 227 g/mol. The van der Waals surface area contributed by atoms with Crippen LogP contribution >= 0.6 is 11.3 Å². The minimum atomic E-state index is -0.306. The van der Waals surface area contributed by atoms with E-state index < -0.39 is 0 Å². The lowest BCUT2D eigenvalue weighted by atomic mass is 10.0. The van der Waals surface area contributed by atoms with Gasteiger partial charge in [0, 0.05) is 24.6 Å². The Labute approximate surface area is 94.1 Å². The number of aromatic nitrogens is 1. The summed E-state index contributed by atoms with van der Waals surface area (Å²) in [5.41, 5.74) is 0. The third kappa shape index (κ3) is 3.55. The van der Waals surface area contributed by atoms with Gasteiger partial charge in [-0.15, -0.1) is 11.3 Å². The Kier molecular flexibility index (Phi) is 4.11. The van der Waals surface area contributed by atoms with Gasteiger partial charge in [0.1, 0.15) is 0 Å². The van der Waals surface area contributed by atoms with Crippen LogP contribution in [0.3, 0.4) is 0 Å². The molecule has 0 spiro atoms. The maximum absolute atomic E-state index is 9.86. The molecule has 0 saturated carbocycles. The summed E-state index contributed by atoms with van der Waals surface area (Å²) in [6, 6.07) is 0. The number of aliphatic hydroxyl groups is 1. The van der Waals surface area contributed by atoms with Gasteiger partial charge < -0.3 is 9.84 Å². The fourth-order valence-corrected chi connectivity index (χ4v) is 2.62. The quantitative estimate of drug-likeness (QED) is 0.855. The molecule has 0 aromatic carbocycles. The van der Waals surface area contributed by atoms with E-state index in [1.54, 1.807) is 17.5 Å². The Morgan fingerprint density at radius 1 is 1.60 bits per heavy atom. The van der Waals surface area contributed by atoms with Crippen LogP contribution in [0.4, 0.5) is 0 Å². The largest absolute Gasteiger partial charge is 0.393 e. The van der Waals surface area contributed by atoms with Gasteiger partial charge in [-0.05, 0) is 25.7 Å². The summed E-state index contributed by atoms with van der Waals surface area (Å²) in [5.74, 6) is 0. The van der Waals surface area contributed by atoms with E-state index in [-0.39, 0.29) is 12.2 Å². The maximum Gasteiger partial charge on any atom is 0.0950 e. The second kappa shape index (κ2) is 5.58. The SMILES string of the molecule is OC(Cc1nccs1)CC1CCCCO1. The first kappa shape index (κ1) is 11.0. The highest BCUT2D eigenvalue weighted by molar-refractivity contribution is 7.09. The highest BCUT2D eigenvalue weighted by Crippen LogP contribution is 2.19. The van der Waals surface area contributed by atoms with Crippen LogP contribution in [0.1, 0.15) is 30.7 Å². The van der Waals surface area contributed by atoms with Crippen molar-refractivity contribution in [2.75, 3.05) is 6.61 Å². The third-order valence-electron chi connectivity index (χ3n) is 2.70. The summed E-state index contributed by atoms with van der Waals surface area (Å²) < 4.78 is 5.59. The Morgan fingerprint density at radius 3 is 3.20 bits per heavy atom. The first-order valence-corrected chi connectivity index (χ1v) is 6.40.